The molecule has 1 aromatic rings. The van der Waals surface area contributed by atoms with Crippen molar-refractivity contribution in [3.8, 4) is 0 Å². The molecule has 2 amide bonds. The van der Waals surface area contributed by atoms with Gasteiger partial charge in [0, 0.05) is 6.54 Å². The molecule has 1 heterocycles. The lowest BCUT2D eigenvalue weighted by molar-refractivity contribution is 0.0652. The molecule has 0 saturated carbocycles. The molecule has 2 aliphatic carbocycles. The predicted octanol–water partition coefficient (Wildman–Crippen LogP) is 4.14. The van der Waals surface area contributed by atoms with Crippen molar-refractivity contribution >= 4 is 11.8 Å². The van der Waals surface area contributed by atoms with Crippen molar-refractivity contribution in [3.05, 3.63) is 71.3 Å². The summed E-state index contributed by atoms with van der Waals surface area (Å²) in [4.78, 5) is 26.0. The van der Waals surface area contributed by atoms with Gasteiger partial charge in [-0.2, -0.15) is 0 Å². The fraction of sp³-hybridized carbons (Fsp3) is 0.333. The van der Waals surface area contributed by atoms with Crippen LogP contribution in [0.25, 0.3) is 0 Å². The van der Waals surface area contributed by atoms with E-state index in [1.807, 2.05) is 12.1 Å². The van der Waals surface area contributed by atoms with Gasteiger partial charge in [0.05, 0.1) is 11.1 Å². The number of fused-ring (bicyclic) bond motifs is 3. The number of rotatable bonds is 5. The first kappa shape index (κ1) is 15.1. The second-order valence-corrected chi connectivity index (χ2v) is 6.78. The number of carbonyl (C=O) groups excluding carboxylic acids is 2. The van der Waals surface area contributed by atoms with Crippen LogP contribution in [0.15, 0.2) is 60.2 Å². The van der Waals surface area contributed by atoms with E-state index in [1.165, 1.54) is 16.9 Å². The largest absolute Gasteiger partial charge is 0.274 e. The standard InChI is InChI=1S/C21H21NO2/c23-20-18-10-3-4-11-19(18)21(24)22(20)12-6-5-9-17-14-15-7-1-2-8-16(17)13-15/h1-4,7-8,10-11,14-16H,5-6,9,12-13H2/t15-,16+/m0/s1. The normalized spacial score (nSPS) is 24.3. The van der Waals surface area contributed by atoms with Crippen LogP contribution >= 0.6 is 0 Å². The first-order valence-corrected chi connectivity index (χ1v) is 8.75. The molecule has 3 heteroatoms. The van der Waals surface area contributed by atoms with Crippen LogP contribution in [0.3, 0.4) is 0 Å². The lowest BCUT2D eigenvalue weighted by Crippen LogP contribution is -2.30. The zero-order chi connectivity index (χ0) is 16.5. The van der Waals surface area contributed by atoms with Crippen molar-refractivity contribution in [2.45, 2.75) is 25.7 Å². The number of unbranched alkanes of at least 4 members (excludes halogenated alkanes) is 1. The Labute approximate surface area is 142 Å². The molecular weight excluding hydrogens is 298 g/mol. The van der Waals surface area contributed by atoms with Crippen LogP contribution in [-0.2, 0) is 0 Å². The van der Waals surface area contributed by atoms with Crippen molar-refractivity contribution < 1.29 is 9.59 Å². The molecule has 0 aromatic heterocycles. The first-order chi connectivity index (χ1) is 11.7. The predicted molar refractivity (Wildman–Crippen MR) is 93.6 cm³/mol. The summed E-state index contributed by atoms with van der Waals surface area (Å²) in [6, 6.07) is 7.09. The molecular formula is C21H21NO2. The summed E-state index contributed by atoms with van der Waals surface area (Å²) in [7, 11) is 0. The number of imide groups is 1. The highest BCUT2D eigenvalue weighted by molar-refractivity contribution is 6.21. The van der Waals surface area contributed by atoms with Crippen LogP contribution < -0.4 is 0 Å². The Bertz CT molecular complexity index is 737. The van der Waals surface area contributed by atoms with Gasteiger partial charge in [-0.1, -0.05) is 48.1 Å². The molecule has 3 nitrogen and oxygen atoms in total. The molecule has 2 atom stereocenters. The number of carbonyl (C=O) groups is 2. The van der Waals surface area contributed by atoms with Crippen molar-refractivity contribution in [2.24, 2.45) is 11.8 Å². The maximum Gasteiger partial charge on any atom is 0.261 e. The van der Waals surface area contributed by atoms with Gasteiger partial charge in [0.2, 0.25) is 0 Å². The summed E-state index contributed by atoms with van der Waals surface area (Å²) in [5.74, 6) is 0.868. The number of hydrogen-bond acceptors (Lipinski definition) is 2. The number of allylic oxidation sites excluding steroid dienone is 6. The molecule has 2 bridgehead atoms. The highest BCUT2D eigenvalue weighted by Crippen LogP contribution is 2.36. The van der Waals surface area contributed by atoms with Crippen LogP contribution in [0.5, 0.6) is 0 Å². The minimum atomic E-state index is -0.143. The van der Waals surface area contributed by atoms with Gasteiger partial charge >= 0.3 is 0 Å². The number of benzene rings is 1. The molecule has 0 saturated heterocycles. The second kappa shape index (κ2) is 6.23. The molecule has 1 aromatic carbocycles. The molecule has 0 spiro atoms. The second-order valence-electron chi connectivity index (χ2n) is 6.78. The molecule has 4 rings (SSSR count). The van der Waals surface area contributed by atoms with Gasteiger partial charge in [0.1, 0.15) is 0 Å². The van der Waals surface area contributed by atoms with E-state index in [0.29, 0.717) is 29.5 Å². The lowest BCUT2D eigenvalue weighted by atomic mass is 9.96. The van der Waals surface area contributed by atoms with Gasteiger partial charge in [-0.25, -0.2) is 0 Å². The average Bonchev–Trinajstić information content (AvgIpc) is 2.96. The van der Waals surface area contributed by atoms with Crippen molar-refractivity contribution in [1.29, 1.82) is 0 Å². The monoisotopic (exact) mass is 319 g/mol. The third-order valence-electron chi connectivity index (χ3n) is 5.22. The van der Waals surface area contributed by atoms with E-state index < -0.39 is 0 Å². The summed E-state index contributed by atoms with van der Waals surface area (Å²) in [5.41, 5.74) is 2.61. The number of amides is 2. The van der Waals surface area contributed by atoms with Gasteiger partial charge in [0.25, 0.3) is 11.8 Å². The molecule has 3 aliphatic rings. The smallest absolute Gasteiger partial charge is 0.261 e. The third-order valence-corrected chi connectivity index (χ3v) is 5.22. The first-order valence-electron chi connectivity index (χ1n) is 8.75. The number of nitrogens with zero attached hydrogens (tertiary/aromatic N) is 1. The van der Waals surface area contributed by atoms with E-state index in [2.05, 4.69) is 30.4 Å². The SMILES string of the molecule is O=C1c2ccccc2C(=O)N1CCCCC1=C[C@H]2C=CC=C[C@@H]1C2. The van der Waals surface area contributed by atoms with E-state index in [1.54, 1.807) is 12.1 Å². The average molecular weight is 319 g/mol. The van der Waals surface area contributed by atoms with Gasteiger partial charge in [-0.3, -0.25) is 14.5 Å². The minimum Gasteiger partial charge on any atom is -0.274 e. The Morgan fingerprint density at radius 3 is 2.42 bits per heavy atom. The fourth-order valence-corrected chi connectivity index (χ4v) is 3.96. The van der Waals surface area contributed by atoms with Crippen molar-refractivity contribution in [1.82, 2.24) is 4.90 Å². The highest BCUT2D eigenvalue weighted by atomic mass is 16.2. The fourth-order valence-electron chi connectivity index (χ4n) is 3.96. The molecule has 24 heavy (non-hydrogen) atoms. The Kier molecular flexibility index (Phi) is 3.93. The molecule has 0 fully saturated rings. The maximum absolute atomic E-state index is 12.3. The highest BCUT2D eigenvalue weighted by Gasteiger charge is 2.34. The summed E-state index contributed by atoms with van der Waals surface area (Å²) in [6.45, 7) is 0.517. The Morgan fingerprint density at radius 1 is 0.958 bits per heavy atom. The van der Waals surface area contributed by atoms with E-state index in [9.17, 15) is 9.59 Å². The van der Waals surface area contributed by atoms with E-state index in [4.69, 9.17) is 0 Å². The van der Waals surface area contributed by atoms with E-state index in [0.717, 1.165) is 19.3 Å². The summed E-state index contributed by atoms with van der Waals surface area (Å²) in [6.07, 6.45) is 15.4. The van der Waals surface area contributed by atoms with E-state index >= 15 is 0 Å². The van der Waals surface area contributed by atoms with Crippen LogP contribution in [0.2, 0.25) is 0 Å². The zero-order valence-corrected chi connectivity index (χ0v) is 13.7. The van der Waals surface area contributed by atoms with Gasteiger partial charge in [-0.15, -0.1) is 0 Å². The quantitative estimate of drug-likeness (QED) is 0.465. The molecule has 0 N–H and O–H groups in total. The minimum absolute atomic E-state index is 0.143. The Hall–Kier alpha value is -2.42. The van der Waals surface area contributed by atoms with Crippen LogP contribution in [0, 0.1) is 11.8 Å². The van der Waals surface area contributed by atoms with Gasteiger partial charge in [-0.05, 0) is 49.7 Å². The summed E-state index contributed by atoms with van der Waals surface area (Å²) < 4.78 is 0. The van der Waals surface area contributed by atoms with Gasteiger partial charge in [0.15, 0.2) is 0 Å². The van der Waals surface area contributed by atoms with Crippen LogP contribution in [0.1, 0.15) is 46.4 Å². The lowest BCUT2D eigenvalue weighted by Gasteiger charge is -2.14. The molecule has 122 valence electrons. The van der Waals surface area contributed by atoms with E-state index in [-0.39, 0.29) is 11.8 Å². The maximum atomic E-state index is 12.3. The molecule has 1 aliphatic heterocycles. The molecule has 0 unspecified atom stereocenters. The molecule has 0 radical (unpaired) electrons. The topological polar surface area (TPSA) is 37.4 Å². The third kappa shape index (κ3) is 2.64. The van der Waals surface area contributed by atoms with Crippen LogP contribution in [-0.4, -0.2) is 23.3 Å². The zero-order valence-electron chi connectivity index (χ0n) is 13.7. The number of hydrogen-bond donors (Lipinski definition) is 0. The van der Waals surface area contributed by atoms with Crippen LogP contribution in [0.4, 0.5) is 0 Å². The summed E-state index contributed by atoms with van der Waals surface area (Å²) >= 11 is 0. The Balaban J connectivity index is 1.31. The van der Waals surface area contributed by atoms with Crippen molar-refractivity contribution in [3.63, 3.8) is 0 Å². The van der Waals surface area contributed by atoms with Crippen molar-refractivity contribution in [2.75, 3.05) is 6.54 Å². The Morgan fingerprint density at radius 2 is 1.67 bits per heavy atom. The summed E-state index contributed by atoms with van der Waals surface area (Å²) in [5, 5.41) is 0. The van der Waals surface area contributed by atoms with Gasteiger partial charge < -0.3 is 0 Å².